The molecule has 0 aliphatic heterocycles. The largest absolute Gasteiger partial charge is 0.495 e. The van der Waals surface area contributed by atoms with E-state index in [0.717, 1.165) is 10.1 Å². The number of aliphatic carboxylic acids is 1. The molecule has 1 aromatic heterocycles. The number of hydrogen-bond acceptors (Lipinski definition) is 4. The maximum atomic E-state index is 11.4. The Morgan fingerprint density at radius 2 is 2.06 bits per heavy atom. The number of fused-ring (bicyclic) bond motifs is 1. The molecule has 0 radical (unpaired) electrons. The lowest BCUT2D eigenvalue weighted by molar-refractivity contribution is -0.131. The van der Waals surface area contributed by atoms with Gasteiger partial charge in [-0.15, -0.1) is 11.3 Å². The van der Waals surface area contributed by atoms with E-state index in [9.17, 15) is 9.59 Å². The Kier molecular flexibility index (Phi) is 2.62. The first-order valence-electron chi connectivity index (χ1n) is 4.47. The third-order valence-electron chi connectivity index (χ3n) is 2.23. The summed E-state index contributed by atoms with van der Waals surface area (Å²) in [6.45, 7) is 0. The highest BCUT2D eigenvalue weighted by atomic mass is 32.1. The Hall–Kier alpha value is -1.88. The standard InChI is InChI=1S/C11H8O4S/c1-15-10-6-4-5-16-8(6)3-2-7(10)9(12)11(13)14/h2-5H,1H3,(H,13,14). The van der Waals surface area contributed by atoms with Crippen LogP contribution >= 0.6 is 11.3 Å². The van der Waals surface area contributed by atoms with Crippen molar-refractivity contribution in [2.75, 3.05) is 7.11 Å². The number of ketones is 1. The Morgan fingerprint density at radius 3 is 2.69 bits per heavy atom. The highest BCUT2D eigenvalue weighted by Gasteiger charge is 2.21. The smallest absolute Gasteiger partial charge is 0.377 e. The van der Waals surface area contributed by atoms with Crippen LogP contribution in [0.4, 0.5) is 0 Å². The number of carboxylic acids is 1. The normalized spacial score (nSPS) is 10.3. The Bertz CT molecular complexity index is 570. The number of carbonyl (C=O) groups excluding carboxylic acids is 1. The number of rotatable bonds is 3. The molecule has 0 amide bonds. The summed E-state index contributed by atoms with van der Waals surface area (Å²) < 4.78 is 6.07. The second-order valence-corrected chi connectivity index (χ2v) is 4.06. The Morgan fingerprint density at radius 1 is 1.31 bits per heavy atom. The van der Waals surface area contributed by atoms with Crippen molar-refractivity contribution in [1.82, 2.24) is 0 Å². The number of Topliss-reactive ketones (excluding diaryl/α,β-unsaturated/α-hetero) is 1. The minimum absolute atomic E-state index is 0.0842. The van der Waals surface area contributed by atoms with E-state index in [1.165, 1.54) is 24.5 Å². The van der Waals surface area contributed by atoms with Crippen LogP contribution in [0.3, 0.4) is 0 Å². The molecule has 82 valence electrons. The lowest BCUT2D eigenvalue weighted by atomic mass is 10.1. The lowest BCUT2D eigenvalue weighted by Gasteiger charge is -2.06. The summed E-state index contributed by atoms with van der Waals surface area (Å²) in [6.07, 6.45) is 0. The fourth-order valence-electron chi connectivity index (χ4n) is 1.53. The quantitative estimate of drug-likeness (QED) is 0.655. The van der Waals surface area contributed by atoms with Crippen LogP contribution in [0, 0.1) is 0 Å². The summed E-state index contributed by atoms with van der Waals surface area (Å²) >= 11 is 1.51. The molecule has 0 unspecified atom stereocenters. The average Bonchev–Trinajstić information content (AvgIpc) is 2.74. The van der Waals surface area contributed by atoms with E-state index in [4.69, 9.17) is 9.84 Å². The van der Waals surface area contributed by atoms with Gasteiger partial charge in [0.25, 0.3) is 5.78 Å². The van der Waals surface area contributed by atoms with Gasteiger partial charge in [0.1, 0.15) is 5.75 Å². The molecule has 0 aliphatic rings. The molecule has 1 aromatic carbocycles. The van der Waals surface area contributed by atoms with Crippen molar-refractivity contribution in [3.8, 4) is 5.75 Å². The molecular weight excluding hydrogens is 228 g/mol. The van der Waals surface area contributed by atoms with Gasteiger partial charge in [0, 0.05) is 10.1 Å². The third-order valence-corrected chi connectivity index (χ3v) is 3.11. The van der Waals surface area contributed by atoms with Crippen molar-refractivity contribution in [1.29, 1.82) is 0 Å². The fourth-order valence-corrected chi connectivity index (χ4v) is 2.32. The molecule has 0 saturated carbocycles. The van der Waals surface area contributed by atoms with Crippen LogP contribution in [-0.2, 0) is 4.79 Å². The molecule has 5 heteroatoms. The Balaban J connectivity index is 2.69. The summed E-state index contributed by atoms with van der Waals surface area (Å²) in [7, 11) is 1.42. The van der Waals surface area contributed by atoms with Crippen molar-refractivity contribution in [2.45, 2.75) is 0 Å². The molecule has 0 atom stereocenters. The van der Waals surface area contributed by atoms with Crippen molar-refractivity contribution in [2.24, 2.45) is 0 Å². The highest BCUT2D eigenvalue weighted by Crippen LogP contribution is 2.33. The topological polar surface area (TPSA) is 63.6 Å². The van der Waals surface area contributed by atoms with E-state index in [1.54, 1.807) is 12.1 Å². The van der Waals surface area contributed by atoms with Crippen molar-refractivity contribution in [3.63, 3.8) is 0 Å². The van der Waals surface area contributed by atoms with Crippen LogP contribution in [0.15, 0.2) is 23.6 Å². The van der Waals surface area contributed by atoms with Gasteiger partial charge in [0.2, 0.25) is 0 Å². The van der Waals surface area contributed by atoms with Crippen molar-refractivity contribution < 1.29 is 19.4 Å². The van der Waals surface area contributed by atoms with E-state index in [1.807, 2.05) is 5.38 Å². The van der Waals surface area contributed by atoms with E-state index < -0.39 is 11.8 Å². The van der Waals surface area contributed by atoms with Gasteiger partial charge in [-0.1, -0.05) is 0 Å². The summed E-state index contributed by atoms with van der Waals surface area (Å²) in [5.74, 6) is -2.11. The second kappa shape index (κ2) is 3.94. The van der Waals surface area contributed by atoms with Gasteiger partial charge in [-0.2, -0.15) is 0 Å². The number of thiophene rings is 1. The van der Waals surface area contributed by atoms with Gasteiger partial charge in [-0.3, -0.25) is 4.79 Å². The molecule has 1 N–H and O–H groups in total. The monoisotopic (exact) mass is 236 g/mol. The Labute approximate surface area is 95.1 Å². The number of carbonyl (C=O) groups is 2. The lowest BCUT2D eigenvalue weighted by Crippen LogP contribution is -2.13. The summed E-state index contributed by atoms with van der Waals surface area (Å²) in [4.78, 5) is 22.1. The second-order valence-electron chi connectivity index (χ2n) is 3.11. The molecule has 4 nitrogen and oxygen atoms in total. The molecule has 1 heterocycles. The molecule has 16 heavy (non-hydrogen) atoms. The minimum Gasteiger partial charge on any atom is -0.495 e. The number of benzene rings is 1. The predicted octanol–water partition coefficient (Wildman–Crippen LogP) is 2.18. The van der Waals surface area contributed by atoms with Gasteiger partial charge in [0.05, 0.1) is 12.7 Å². The first-order valence-corrected chi connectivity index (χ1v) is 5.35. The zero-order chi connectivity index (χ0) is 11.7. The maximum Gasteiger partial charge on any atom is 0.377 e. The van der Waals surface area contributed by atoms with E-state index >= 15 is 0 Å². The van der Waals surface area contributed by atoms with Crippen LogP contribution in [0.25, 0.3) is 10.1 Å². The zero-order valence-corrected chi connectivity index (χ0v) is 9.21. The van der Waals surface area contributed by atoms with Crippen molar-refractivity contribution in [3.05, 3.63) is 29.1 Å². The highest BCUT2D eigenvalue weighted by molar-refractivity contribution is 7.17. The third kappa shape index (κ3) is 1.55. The van der Waals surface area contributed by atoms with E-state index in [-0.39, 0.29) is 5.56 Å². The molecule has 2 aromatic rings. The van der Waals surface area contributed by atoms with Gasteiger partial charge in [-0.25, -0.2) is 4.79 Å². The zero-order valence-electron chi connectivity index (χ0n) is 8.39. The average molecular weight is 236 g/mol. The molecule has 0 fully saturated rings. The van der Waals surface area contributed by atoms with Crippen molar-refractivity contribution >= 4 is 33.2 Å². The molecule has 2 rings (SSSR count). The van der Waals surface area contributed by atoms with E-state index in [2.05, 4.69) is 0 Å². The van der Waals surface area contributed by atoms with Gasteiger partial charge >= 0.3 is 5.97 Å². The SMILES string of the molecule is COc1c(C(=O)C(=O)O)ccc2sccc12. The fraction of sp³-hybridized carbons (Fsp3) is 0.0909. The molecule has 0 saturated heterocycles. The number of hydrogen-bond donors (Lipinski definition) is 1. The van der Waals surface area contributed by atoms with Crippen LogP contribution in [0.5, 0.6) is 5.75 Å². The molecule has 0 aliphatic carbocycles. The predicted molar refractivity (Wildman–Crippen MR) is 60.3 cm³/mol. The molecule has 0 bridgehead atoms. The molecular formula is C11H8O4S. The molecule has 0 spiro atoms. The summed E-state index contributed by atoms with van der Waals surface area (Å²) in [5.41, 5.74) is 0.0842. The number of methoxy groups -OCH3 is 1. The summed E-state index contributed by atoms with van der Waals surface area (Å²) in [5, 5.41) is 11.3. The van der Waals surface area contributed by atoms with Gasteiger partial charge in [0.15, 0.2) is 0 Å². The maximum absolute atomic E-state index is 11.4. The van der Waals surface area contributed by atoms with Gasteiger partial charge in [-0.05, 0) is 23.6 Å². The van der Waals surface area contributed by atoms with E-state index in [0.29, 0.717) is 5.75 Å². The minimum atomic E-state index is -1.48. The number of ether oxygens (including phenoxy) is 1. The van der Waals surface area contributed by atoms with Gasteiger partial charge < -0.3 is 9.84 Å². The first-order chi connectivity index (χ1) is 7.65. The van der Waals surface area contributed by atoms with Crippen LogP contribution < -0.4 is 4.74 Å². The van der Waals surface area contributed by atoms with Crippen LogP contribution in [0.2, 0.25) is 0 Å². The number of carboxylic acid groups (broad SMARTS) is 1. The summed E-state index contributed by atoms with van der Waals surface area (Å²) in [6, 6.07) is 5.00. The van der Waals surface area contributed by atoms with Crippen LogP contribution in [-0.4, -0.2) is 24.0 Å². The first kappa shape index (κ1) is 10.6. The van der Waals surface area contributed by atoms with Crippen LogP contribution in [0.1, 0.15) is 10.4 Å².